The summed E-state index contributed by atoms with van der Waals surface area (Å²) in [5.74, 6) is 1.16. The summed E-state index contributed by atoms with van der Waals surface area (Å²) in [5, 5.41) is 7.42. The van der Waals surface area contributed by atoms with Gasteiger partial charge in [-0.05, 0) is 42.3 Å². The van der Waals surface area contributed by atoms with E-state index in [1.54, 1.807) is 0 Å². The number of hydrogen-bond donors (Lipinski definition) is 1. The Morgan fingerprint density at radius 1 is 1.10 bits per heavy atom. The normalized spacial score (nSPS) is 13.0. The molecule has 0 fully saturated rings. The van der Waals surface area contributed by atoms with Gasteiger partial charge in [0.15, 0.2) is 0 Å². The van der Waals surface area contributed by atoms with Crippen LogP contribution < -0.4 is 5.32 Å². The van der Waals surface area contributed by atoms with Gasteiger partial charge in [-0.1, -0.05) is 33.2 Å². The summed E-state index contributed by atoms with van der Waals surface area (Å²) in [5.41, 5.74) is 4.40. The topological polar surface area (TPSA) is 51.0 Å². The van der Waals surface area contributed by atoms with Crippen LogP contribution in [-0.2, 0) is 6.42 Å². The molecule has 0 radical (unpaired) electrons. The molecule has 1 aliphatic rings. The quantitative estimate of drug-likeness (QED) is 0.761. The van der Waals surface area contributed by atoms with Crippen molar-refractivity contribution in [1.82, 2.24) is 10.1 Å². The first kappa shape index (κ1) is 12.6. The molecule has 0 spiro atoms. The molecule has 21 heavy (non-hydrogen) atoms. The molecule has 4 nitrogen and oxygen atoms in total. The number of halogens is 1. The number of hydrogen-bond acceptors (Lipinski definition) is 4. The number of nitrogens with zero attached hydrogens (tertiary/aromatic N) is 2. The number of aromatic nitrogens is 2. The molecule has 0 saturated carbocycles. The monoisotopic (exact) mass is 341 g/mol. The Morgan fingerprint density at radius 3 is 2.95 bits per heavy atom. The lowest BCUT2D eigenvalue weighted by Crippen LogP contribution is -1.90. The number of rotatable bonds is 2. The van der Waals surface area contributed by atoms with Crippen LogP contribution in [0.5, 0.6) is 0 Å². The summed E-state index contributed by atoms with van der Waals surface area (Å²) < 4.78 is 6.40. The van der Waals surface area contributed by atoms with E-state index in [2.05, 4.69) is 43.5 Å². The minimum absolute atomic E-state index is 0.555. The third-order valence-corrected chi connectivity index (χ3v) is 4.06. The van der Waals surface area contributed by atoms with Gasteiger partial charge in [0.25, 0.3) is 5.89 Å². The summed E-state index contributed by atoms with van der Waals surface area (Å²) in [4.78, 5) is 4.50. The van der Waals surface area contributed by atoms with Crippen molar-refractivity contribution >= 4 is 21.6 Å². The molecule has 1 N–H and O–H groups in total. The van der Waals surface area contributed by atoms with Gasteiger partial charge in [0, 0.05) is 27.8 Å². The van der Waals surface area contributed by atoms with Crippen LogP contribution in [0.2, 0.25) is 0 Å². The van der Waals surface area contributed by atoms with E-state index in [0.717, 1.165) is 28.6 Å². The highest BCUT2D eigenvalue weighted by Gasteiger charge is 2.15. The Hall–Kier alpha value is -2.14. The predicted molar refractivity (Wildman–Crippen MR) is 85.1 cm³/mol. The summed E-state index contributed by atoms with van der Waals surface area (Å²) >= 11 is 3.45. The molecule has 0 amide bonds. The van der Waals surface area contributed by atoms with E-state index >= 15 is 0 Å². The summed E-state index contributed by atoms with van der Waals surface area (Å²) in [6, 6.07) is 14.1. The fourth-order valence-corrected chi connectivity index (χ4v) is 2.92. The smallest absolute Gasteiger partial charge is 0.258 e. The minimum Gasteiger partial charge on any atom is -0.384 e. The highest BCUT2D eigenvalue weighted by Crippen LogP contribution is 2.29. The first-order valence-corrected chi connectivity index (χ1v) is 7.56. The summed E-state index contributed by atoms with van der Waals surface area (Å²) in [6.07, 6.45) is 1.04. The van der Waals surface area contributed by atoms with Gasteiger partial charge in [0.1, 0.15) is 0 Å². The first-order valence-electron chi connectivity index (χ1n) is 6.76. The van der Waals surface area contributed by atoms with E-state index in [1.807, 2.05) is 30.3 Å². The van der Waals surface area contributed by atoms with E-state index < -0.39 is 0 Å². The predicted octanol–water partition coefficient (Wildman–Crippen LogP) is 4.13. The van der Waals surface area contributed by atoms with E-state index in [-0.39, 0.29) is 0 Å². The lowest BCUT2D eigenvalue weighted by Gasteiger charge is -2.00. The molecule has 104 valence electrons. The molecule has 1 aliphatic heterocycles. The van der Waals surface area contributed by atoms with Crippen molar-refractivity contribution < 1.29 is 4.52 Å². The van der Waals surface area contributed by atoms with Crippen molar-refractivity contribution in [2.24, 2.45) is 0 Å². The molecule has 0 aliphatic carbocycles. The summed E-state index contributed by atoms with van der Waals surface area (Å²) in [7, 11) is 0. The third kappa shape index (κ3) is 2.34. The van der Waals surface area contributed by atoms with Gasteiger partial charge in [0.05, 0.1) is 0 Å². The fourth-order valence-electron chi connectivity index (χ4n) is 2.52. The fraction of sp³-hybridized carbons (Fsp3) is 0.125. The van der Waals surface area contributed by atoms with E-state index in [9.17, 15) is 0 Å². The molecule has 0 unspecified atom stereocenters. The van der Waals surface area contributed by atoms with Crippen LogP contribution in [-0.4, -0.2) is 16.7 Å². The van der Waals surface area contributed by atoms with E-state index in [1.165, 1.54) is 11.3 Å². The van der Waals surface area contributed by atoms with Crippen LogP contribution in [0.25, 0.3) is 22.8 Å². The first-order chi connectivity index (χ1) is 10.3. The van der Waals surface area contributed by atoms with Crippen LogP contribution in [0.4, 0.5) is 5.69 Å². The van der Waals surface area contributed by atoms with Crippen LogP contribution in [0.15, 0.2) is 51.5 Å². The second-order valence-corrected chi connectivity index (χ2v) is 5.90. The molecule has 1 aromatic heterocycles. The molecule has 5 heteroatoms. The molecule has 4 rings (SSSR count). The van der Waals surface area contributed by atoms with Crippen molar-refractivity contribution in [3.63, 3.8) is 0 Å². The number of fused-ring (bicyclic) bond motifs is 1. The molecule has 0 saturated heterocycles. The molecule has 3 aromatic rings. The average molecular weight is 342 g/mol. The zero-order valence-electron chi connectivity index (χ0n) is 11.1. The summed E-state index contributed by atoms with van der Waals surface area (Å²) in [6.45, 7) is 0.992. The molecule has 2 aromatic carbocycles. The van der Waals surface area contributed by atoms with Crippen molar-refractivity contribution in [3.8, 4) is 22.8 Å². The van der Waals surface area contributed by atoms with E-state index in [4.69, 9.17) is 4.52 Å². The van der Waals surface area contributed by atoms with Crippen molar-refractivity contribution in [2.75, 3.05) is 11.9 Å². The molecule has 0 atom stereocenters. The van der Waals surface area contributed by atoms with Gasteiger partial charge in [-0.15, -0.1) is 0 Å². The van der Waals surface area contributed by atoms with Crippen LogP contribution in [0.3, 0.4) is 0 Å². The number of anilines is 1. The molecular formula is C16H12BrN3O. The van der Waals surface area contributed by atoms with Gasteiger partial charge in [-0.3, -0.25) is 0 Å². The number of nitrogens with one attached hydrogen (secondary N) is 1. The maximum Gasteiger partial charge on any atom is 0.258 e. The SMILES string of the molecule is Brc1cccc(-c2noc(-c3ccc4c(c3)CCN4)n2)c1. The Kier molecular flexibility index (Phi) is 3.00. The average Bonchev–Trinajstić information content (AvgIpc) is 3.15. The number of benzene rings is 2. The Labute approximate surface area is 130 Å². The van der Waals surface area contributed by atoms with Crippen molar-refractivity contribution in [3.05, 3.63) is 52.5 Å². The zero-order chi connectivity index (χ0) is 14.2. The molecule has 0 bridgehead atoms. The zero-order valence-corrected chi connectivity index (χ0v) is 12.7. The molecular weight excluding hydrogens is 330 g/mol. The van der Waals surface area contributed by atoms with Crippen LogP contribution in [0, 0.1) is 0 Å². The molecule has 2 heterocycles. The van der Waals surface area contributed by atoms with Crippen molar-refractivity contribution in [2.45, 2.75) is 6.42 Å². The Balaban J connectivity index is 1.71. The van der Waals surface area contributed by atoms with Gasteiger partial charge >= 0.3 is 0 Å². The van der Waals surface area contributed by atoms with Crippen LogP contribution >= 0.6 is 15.9 Å². The highest BCUT2D eigenvalue weighted by molar-refractivity contribution is 9.10. The third-order valence-electron chi connectivity index (χ3n) is 3.57. The second kappa shape index (κ2) is 5.00. The largest absolute Gasteiger partial charge is 0.384 e. The van der Waals surface area contributed by atoms with Gasteiger partial charge < -0.3 is 9.84 Å². The van der Waals surface area contributed by atoms with Crippen LogP contribution in [0.1, 0.15) is 5.56 Å². The Morgan fingerprint density at radius 2 is 2.05 bits per heavy atom. The maximum absolute atomic E-state index is 5.41. The minimum atomic E-state index is 0.555. The second-order valence-electron chi connectivity index (χ2n) is 4.98. The highest BCUT2D eigenvalue weighted by atomic mass is 79.9. The lowest BCUT2D eigenvalue weighted by atomic mass is 10.1. The van der Waals surface area contributed by atoms with Crippen molar-refractivity contribution in [1.29, 1.82) is 0 Å². The maximum atomic E-state index is 5.41. The van der Waals surface area contributed by atoms with Gasteiger partial charge in [-0.25, -0.2) is 0 Å². The lowest BCUT2D eigenvalue weighted by molar-refractivity contribution is 0.432. The Bertz CT molecular complexity index is 813. The van der Waals surface area contributed by atoms with E-state index in [0.29, 0.717) is 11.7 Å². The standard InChI is InChI=1S/C16H12BrN3O/c17-13-3-1-2-11(9-13)15-19-16(21-20-15)12-4-5-14-10(8-12)6-7-18-14/h1-5,8-9,18H,6-7H2. The van der Waals surface area contributed by atoms with Gasteiger partial charge in [0.2, 0.25) is 5.82 Å². The van der Waals surface area contributed by atoms with Gasteiger partial charge in [-0.2, -0.15) is 4.98 Å².